The van der Waals surface area contributed by atoms with Crippen LogP contribution in [0.2, 0.25) is 0 Å². The van der Waals surface area contributed by atoms with Crippen LogP contribution in [-0.4, -0.2) is 20.1 Å². The third-order valence-corrected chi connectivity index (χ3v) is 5.64. The van der Waals surface area contributed by atoms with E-state index in [2.05, 4.69) is 41.4 Å². The minimum Gasteiger partial charge on any atom is -0.508 e. The number of aromatic hydroxyl groups is 1. The summed E-state index contributed by atoms with van der Waals surface area (Å²) in [5.74, 6) is 0.226. The quantitative estimate of drug-likeness (QED) is 0.317. The van der Waals surface area contributed by atoms with Gasteiger partial charge in [0.1, 0.15) is 5.75 Å². The Labute approximate surface area is 199 Å². The van der Waals surface area contributed by atoms with Gasteiger partial charge in [0, 0.05) is 52.6 Å². The van der Waals surface area contributed by atoms with Crippen molar-refractivity contribution < 1.29 is 5.11 Å². The topological polar surface area (TPSA) is 58.9 Å². The highest BCUT2D eigenvalue weighted by Crippen LogP contribution is 2.31. The summed E-state index contributed by atoms with van der Waals surface area (Å²) in [5, 5.41) is 9.86. The van der Waals surface area contributed by atoms with Crippen molar-refractivity contribution in [3.63, 3.8) is 0 Å². The zero-order valence-electron chi connectivity index (χ0n) is 18.8. The first-order chi connectivity index (χ1) is 16.7. The van der Waals surface area contributed by atoms with Crippen LogP contribution >= 0.6 is 0 Å². The summed E-state index contributed by atoms with van der Waals surface area (Å²) < 4.78 is 0. The Morgan fingerprint density at radius 1 is 0.647 bits per heavy atom. The van der Waals surface area contributed by atoms with Crippen molar-refractivity contribution in [1.82, 2.24) is 15.0 Å². The van der Waals surface area contributed by atoms with Crippen LogP contribution in [0.3, 0.4) is 0 Å². The molecule has 5 aromatic rings. The summed E-state index contributed by atoms with van der Waals surface area (Å²) in [6, 6.07) is 25.6. The Bertz CT molecular complexity index is 1460. The van der Waals surface area contributed by atoms with E-state index in [0.29, 0.717) is 0 Å². The smallest absolute Gasteiger partial charge is 0.116 e. The van der Waals surface area contributed by atoms with Gasteiger partial charge in [-0.3, -0.25) is 15.0 Å². The standard InChI is InChI=1S/C30H23N3O/c1-21-15-27(20-32-29(21)23-9-5-11-28(34)17-23)30-24(13-12-22-7-3-2-4-8-22)16-26(19-33-30)25-10-6-14-31-18-25/h2-20,34H,1H3/b13-12+. The SMILES string of the molecule is Cc1cc(-c2ncc(-c3cccnc3)cc2/C=C/c2ccccc2)cnc1-c1cccc(O)c1. The maximum Gasteiger partial charge on any atom is 0.116 e. The number of hydrogen-bond acceptors (Lipinski definition) is 4. The van der Waals surface area contributed by atoms with E-state index in [1.165, 1.54) is 0 Å². The minimum absolute atomic E-state index is 0.226. The molecule has 0 spiro atoms. The van der Waals surface area contributed by atoms with Gasteiger partial charge in [-0.2, -0.15) is 0 Å². The normalized spacial score (nSPS) is 11.1. The molecule has 0 fully saturated rings. The number of phenolic OH excluding ortho intramolecular Hbond substituents is 1. The van der Waals surface area contributed by atoms with Gasteiger partial charge < -0.3 is 5.11 Å². The first-order valence-electron chi connectivity index (χ1n) is 11.1. The average molecular weight is 442 g/mol. The van der Waals surface area contributed by atoms with Crippen molar-refractivity contribution in [3.05, 3.63) is 120 Å². The number of aryl methyl sites for hydroxylation is 1. The Morgan fingerprint density at radius 3 is 2.21 bits per heavy atom. The van der Waals surface area contributed by atoms with E-state index < -0.39 is 0 Å². The summed E-state index contributed by atoms with van der Waals surface area (Å²) in [4.78, 5) is 13.8. The fourth-order valence-electron chi connectivity index (χ4n) is 3.95. The molecule has 164 valence electrons. The van der Waals surface area contributed by atoms with E-state index in [-0.39, 0.29) is 5.75 Å². The largest absolute Gasteiger partial charge is 0.508 e. The Morgan fingerprint density at radius 2 is 1.44 bits per heavy atom. The second-order valence-electron chi connectivity index (χ2n) is 8.09. The van der Waals surface area contributed by atoms with Crippen LogP contribution in [0.1, 0.15) is 16.7 Å². The molecule has 0 atom stereocenters. The molecule has 2 aromatic carbocycles. The van der Waals surface area contributed by atoms with Crippen LogP contribution in [0.25, 0.3) is 45.8 Å². The highest BCUT2D eigenvalue weighted by molar-refractivity contribution is 5.82. The summed E-state index contributed by atoms with van der Waals surface area (Å²) in [7, 11) is 0. The Hall–Kier alpha value is -4.57. The van der Waals surface area contributed by atoms with Gasteiger partial charge >= 0.3 is 0 Å². The van der Waals surface area contributed by atoms with Crippen LogP contribution in [0.4, 0.5) is 0 Å². The van der Waals surface area contributed by atoms with Gasteiger partial charge in [-0.15, -0.1) is 0 Å². The van der Waals surface area contributed by atoms with Crippen LogP contribution in [-0.2, 0) is 0 Å². The molecule has 34 heavy (non-hydrogen) atoms. The zero-order valence-corrected chi connectivity index (χ0v) is 18.8. The highest BCUT2D eigenvalue weighted by Gasteiger charge is 2.12. The number of pyridine rings is 3. The van der Waals surface area contributed by atoms with Gasteiger partial charge in [0.05, 0.1) is 11.4 Å². The molecule has 0 radical (unpaired) electrons. The minimum atomic E-state index is 0.226. The van der Waals surface area contributed by atoms with Crippen molar-refractivity contribution in [2.45, 2.75) is 6.92 Å². The lowest BCUT2D eigenvalue weighted by molar-refractivity contribution is 0.475. The second kappa shape index (κ2) is 9.51. The average Bonchev–Trinajstić information content (AvgIpc) is 2.88. The van der Waals surface area contributed by atoms with Crippen LogP contribution in [0.15, 0.2) is 104 Å². The molecule has 5 rings (SSSR count). The first kappa shape index (κ1) is 21.3. The van der Waals surface area contributed by atoms with Crippen molar-refractivity contribution in [2.24, 2.45) is 0 Å². The van der Waals surface area contributed by atoms with Gasteiger partial charge in [-0.25, -0.2) is 0 Å². The van der Waals surface area contributed by atoms with Crippen molar-refractivity contribution in [1.29, 1.82) is 0 Å². The Kier molecular flexibility index (Phi) is 5.95. The predicted molar refractivity (Wildman–Crippen MR) is 138 cm³/mol. The molecular weight excluding hydrogens is 418 g/mol. The molecule has 0 bridgehead atoms. The molecule has 3 heterocycles. The predicted octanol–water partition coefficient (Wildman–Crippen LogP) is 7.06. The van der Waals surface area contributed by atoms with Gasteiger partial charge in [0.15, 0.2) is 0 Å². The number of phenols is 1. The van der Waals surface area contributed by atoms with Gasteiger partial charge in [0.25, 0.3) is 0 Å². The Balaban J connectivity index is 1.59. The van der Waals surface area contributed by atoms with Crippen molar-refractivity contribution in [2.75, 3.05) is 0 Å². The summed E-state index contributed by atoms with van der Waals surface area (Å²) in [6.07, 6.45) is 11.5. The lowest BCUT2D eigenvalue weighted by atomic mass is 9.99. The molecule has 1 N–H and O–H groups in total. The summed E-state index contributed by atoms with van der Waals surface area (Å²) in [5.41, 5.74) is 8.67. The second-order valence-corrected chi connectivity index (χ2v) is 8.09. The first-order valence-corrected chi connectivity index (χ1v) is 11.1. The number of rotatable bonds is 5. The molecule has 0 aliphatic heterocycles. The zero-order chi connectivity index (χ0) is 23.3. The van der Waals surface area contributed by atoms with Crippen molar-refractivity contribution in [3.8, 4) is 39.4 Å². The van der Waals surface area contributed by atoms with Crippen LogP contribution < -0.4 is 0 Å². The van der Waals surface area contributed by atoms with Gasteiger partial charge in [0.2, 0.25) is 0 Å². The fourth-order valence-corrected chi connectivity index (χ4v) is 3.95. The maximum atomic E-state index is 9.86. The molecule has 0 aliphatic rings. The summed E-state index contributed by atoms with van der Waals surface area (Å²) >= 11 is 0. The summed E-state index contributed by atoms with van der Waals surface area (Å²) in [6.45, 7) is 2.03. The molecular formula is C30H23N3O. The molecule has 0 saturated carbocycles. The van der Waals surface area contributed by atoms with E-state index in [1.54, 1.807) is 18.3 Å². The van der Waals surface area contributed by atoms with Crippen LogP contribution in [0.5, 0.6) is 5.75 Å². The van der Waals surface area contributed by atoms with Gasteiger partial charge in [-0.05, 0) is 48.4 Å². The van der Waals surface area contributed by atoms with E-state index in [0.717, 1.165) is 50.3 Å². The molecule has 3 aromatic heterocycles. The van der Waals surface area contributed by atoms with E-state index >= 15 is 0 Å². The third kappa shape index (κ3) is 4.62. The lowest BCUT2D eigenvalue weighted by Crippen LogP contribution is -1.95. The number of aromatic nitrogens is 3. The molecule has 0 amide bonds. The maximum absolute atomic E-state index is 9.86. The van der Waals surface area contributed by atoms with Crippen LogP contribution in [0, 0.1) is 6.92 Å². The number of hydrogen-bond donors (Lipinski definition) is 1. The van der Waals surface area contributed by atoms with E-state index in [9.17, 15) is 5.11 Å². The number of nitrogens with zero attached hydrogens (tertiary/aromatic N) is 3. The molecule has 4 nitrogen and oxygen atoms in total. The van der Waals surface area contributed by atoms with E-state index in [1.807, 2.05) is 68.0 Å². The molecule has 0 saturated heterocycles. The fraction of sp³-hybridized carbons (Fsp3) is 0.0333. The highest BCUT2D eigenvalue weighted by atomic mass is 16.3. The number of benzene rings is 2. The molecule has 4 heteroatoms. The molecule has 0 unspecified atom stereocenters. The third-order valence-electron chi connectivity index (χ3n) is 5.64. The van der Waals surface area contributed by atoms with E-state index in [4.69, 9.17) is 9.97 Å². The molecule has 0 aliphatic carbocycles. The van der Waals surface area contributed by atoms with Gasteiger partial charge in [-0.1, -0.05) is 60.7 Å². The van der Waals surface area contributed by atoms with Crippen molar-refractivity contribution >= 4 is 12.2 Å². The monoisotopic (exact) mass is 441 g/mol. The lowest BCUT2D eigenvalue weighted by Gasteiger charge is -2.11.